The minimum atomic E-state index is -1.00. The molecule has 124 valence electrons. The number of allylic oxidation sites excluding steroid dienone is 1. The van der Waals surface area contributed by atoms with Crippen LogP contribution in [-0.4, -0.2) is 26.7 Å². The Hall–Kier alpha value is -2.31. The quantitative estimate of drug-likeness (QED) is 0.644. The van der Waals surface area contributed by atoms with Crippen molar-refractivity contribution in [2.75, 3.05) is 5.75 Å². The number of carbonyl (C=O) groups is 1. The molecule has 0 amide bonds. The maximum Gasteiger partial charge on any atom is 0.208 e. The number of nitriles is 1. The van der Waals surface area contributed by atoms with E-state index in [4.69, 9.17) is 15.7 Å². The van der Waals surface area contributed by atoms with Crippen molar-refractivity contribution in [1.82, 2.24) is 15.2 Å². The van der Waals surface area contributed by atoms with Gasteiger partial charge < -0.3 is 10.5 Å². The van der Waals surface area contributed by atoms with Crippen LogP contribution in [0.3, 0.4) is 0 Å². The first-order chi connectivity index (χ1) is 11.5. The summed E-state index contributed by atoms with van der Waals surface area (Å²) in [5, 5.41) is 16.0. The molecule has 0 radical (unpaired) electrons. The van der Waals surface area contributed by atoms with Crippen molar-refractivity contribution in [3.63, 3.8) is 0 Å². The highest BCUT2D eigenvalue weighted by Gasteiger charge is 2.20. The van der Waals surface area contributed by atoms with Gasteiger partial charge in [0.2, 0.25) is 5.16 Å². The van der Waals surface area contributed by atoms with Crippen molar-refractivity contribution in [2.24, 2.45) is 11.7 Å². The molecule has 0 fully saturated rings. The van der Waals surface area contributed by atoms with E-state index in [0.29, 0.717) is 16.7 Å². The van der Waals surface area contributed by atoms with Gasteiger partial charge in [0.05, 0.1) is 11.8 Å². The largest absolute Gasteiger partial charge is 0.486 e. The molecule has 0 saturated carbocycles. The van der Waals surface area contributed by atoms with Gasteiger partial charge in [-0.1, -0.05) is 34.3 Å². The molecule has 1 aromatic heterocycles. The molecule has 7 nitrogen and oxygen atoms in total. The van der Waals surface area contributed by atoms with Gasteiger partial charge in [-0.15, -0.1) is 5.10 Å². The highest BCUT2D eigenvalue weighted by atomic mass is 79.9. The summed E-state index contributed by atoms with van der Waals surface area (Å²) in [6, 6.07) is 9.23. The van der Waals surface area contributed by atoms with Crippen LogP contribution in [0.4, 0.5) is 0 Å². The van der Waals surface area contributed by atoms with Crippen LogP contribution in [0.15, 0.2) is 46.2 Å². The summed E-state index contributed by atoms with van der Waals surface area (Å²) in [5.41, 5.74) is 5.46. The molecule has 2 rings (SSSR count). The van der Waals surface area contributed by atoms with E-state index in [1.165, 1.54) is 0 Å². The maximum absolute atomic E-state index is 11.9. The molecule has 0 spiro atoms. The zero-order chi connectivity index (χ0) is 17.5. The molecule has 1 aromatic carbocycles. The van der Waals surface area contributed by atoms with Gasteiger partial charge in [0.15, 0.2) is 11.6 Å². The van der Waals surface area contributed by atoms with E-state index < -0.39 is 5.92 Å². The Morgan fingerprint density at radius 3 is 2.83 bits per heavy atom. The number of nitrogens with zero attached hydrogens (tertiary/aromatic N) is 3. The number of rotatable bonds is 8. The lowest BCUT2D eigenvalue weighted by Crippen LogP contribution is -2.21. The van der Waals surface area contributed by atoms with Gasteiger partial charge in [-0.3, -0.25) is 9.89 Å². The van der Waals surface area contributed by atoms with E-state index in [1.54, 1.807) is 0 Å². The van der Waals surface area contributed by atoms with E-state index in [9.17, 15) is 4.79 Å². The van der Waals surface area contributed by atoms with Gasteiger partial charge in [0, 0.05) is 10.2 Å². The number of ketones is 1. The van der Waals surface area contributed by atoms with Crippen LogP contribution < -0.4 is 10.5 Å². The Labute approximate surface area is 151 Å². The number of aromatic nitrogens is 3. The summed E-state index contributed by atoms with van der Waals surface area (Å²) >= 11 is 4.47. The van der Waals surface area contributed by atoms with Gasteiger partial charge in [0.1, 0.15) is 18.3 Å². The van der Waals surface area contributed by atoms with Gasteiger partial charge in [0.25, 0.3) is 0 Å². The number of halogens is 1. The van der Waals surface area contributed by atoms with E-state index in [0.717, 1.165) is 16.2 Å². The Morgan fingerprint density at radius 1 is 1.50 bits per heavy atom. The van der Waals surface area contributed by atoms with Crippen molar-refractivity contribution in [3.05, 3.63) is 46.8 Å². The molecule has 0 unspecified atom stereocenters. The standard InChI is InChI=1S/C15H14BrN5O2S/c1-9(18)12(6-17)13(22)8-24-15-19-14(20-21-15)7-23-11-4-2-10(16)3-5-11/h2-5,12H,1,7-8,18H2,(H,19,20,21)/t12-/m1/s1. The third kappa shape index (κ3) is 5.11. The SMILES string of the molecule is C=C(N)[C@@H](C#N)C(=O)CSc1n[nH]c(COc2ccc(Br)cc2)n1. The van der Waals surface area contributed by atoms with Crippen LogP contribution in [0, 0.1) is 17.2 Å². The van der Waals surface area contributed by atoms with Crippen LogP contribution in [0.25, 0.3) is 0 Å². The summed E-state index contributed by atoms with van der Waals surface area (Å²) in [6.07, 6.45) is 0. The number of Topliss-reactive ketones (excluding diaryl/α,β-unsaturated/α-hetero) is 1. The van der Waals surface area contributed by atoms with E-state index in [1.807, 2.05) is 30.3 Å². The number of carbonyl (C=O) groups excluding carboxylic acids is 1. The third-order valence-corrected chi connectivity index (χ3v) is 4.26. The zero-order valence-electron chi connectivity index (χ0n) is 12.5. The topological polar surface area (TPSA) is 118 Å². The molecule has 0 saturated heterocycles. The molecule has 0 aliphatic rings. The van der Waals surface area contributed by atoms with Crippen LogP contribution >= 0.6 is 27.7 Å². The molecule has 3 N–H and O–H groups in total. The summed E-state index contributed by atoms with van der Waals surface area (Å²) < 4.78 is 6.54. The summed E-state index contributed by atoms with van der Waals surface area (Å²) in [4.78, 5) is 16.1. The molecule has 2 aromatic rings. The Balaban J connectivity index is 1.85. The van der Waals surface area contributed by atoms with Crippen LogP contribution in [0.1, 0.15) is 5.82 Å². The summed E-state index contributed by atoms with van der Waals surface area (Å²) in [5.74, 6) is -0.0476. The third-order valence-electron chi connectivity index (χ3n) is 2.87. The van der Waals surface area contributed by atoms with Gasteiger partial charge in [-0.2, -0.15) is 5.26 Å². The number of nitrogens with two attached hydrogens (primary N) is 1. The Bertz CT molecular complexity index is 769. The zero-order valence-corrected chi connectivity index (χ0v) is 14.9. The van der Waals surface area contributed by atoms with Crippen LogP contribution in [0.2, 0.25) is 0 Å². The average molecular weight is 408 g/mol. The van der Waals surface area contributed by atoms with Crippen molar-refractivity contribution >= 4 is 33.5 Å². The molecule has 0 aliphatic carbocycles. The second kappa shape index (κ2) is 8.52. The number of aromatic amines is 1. The number of H-pyrrole nitrogens is 1. The Kier molecular flexibility index (Phi) is 6.40. The number of hydrogen-bond acceptors (Lipinski definition) is 7. The fourth-order valence-electron chi connectivity index (χ4n) is 1.67. The van der Waals surface area contributed by atoms with Gasteiger partial charge in [-0.05, 0) is 24.3 Å². The van der Waals surface area contributed by atoms with Crippen molar-refractivity contribution in [2.45, 2.75) is 11.8 Å². The predicted molar refractivity (Wildman–Crippen MR) is 93.0 cm³/mol. The average Bonchev–Trinajstić information content (AvgIpc) is 3.00. The highest BCUT2D eigenvalue weighted by molar-refractivity contribution is 9.10. The van der Waals surface area contributed by atoms with Crippen LogP contribution in [-0.2, 0) is 11.4 Å². The lowest BCUT2D eigenvalue weighted by Gasteiger charge is -2.05. The number of benzene rings is 1. The smallest absolute Gasteiger partial charge is 0.208 e. The lowest BCUT2D eigenvalue weighted by atomic mass is 10.1. The minimum Gasteiger partial charge on any atom is -0.486 e. The molecular weight excluding hydrogens is 394 g/mol. The molecule has 0 bridgehead atoms. The van der Waals surface area contributed by atoms with Crippen molar-refractivity contribution in [1.29, 1.82) is 5.26 Å². The molecule has 9 heteroatoms. The van der Waals surface area contributed by atoms with Crippen LogP contribution in [0.5, 0.6) is 5.75 Å². The molecule has 0 aliphatic heterocycles. The van der Waals surface area contributed by atoms with Crippen molar-refractivity contribution in [3.8, 4) is 11.8 Å². The minimum absolute atomic E-state index is 0.0410. The molecular formula is C15H14BrN5O2S. The monoisotopic (exact) mass is 407 g/mol. The second-order valence-electron chi connectivity index (χ2n) is 4.70. The number of thioether (sulfide) groups is 1. The number of nitrogens with one attached hydrogen (secondary N) is 1. The normalized spacial score (nSPS) is 11.5. The van der Waals surface area contributed by atoms with E-state index in [2.05, 4.69) is 37.7 Å². The molecule has 24 heavy (non-hydrogen) atoms. The second-order valence-corrected chi connectivity index (χ2v) is 6.56. The first-order valence-electron chi connectivity index (χ1n) is 6.78. The fraction of sp³-hybridized carbons (Fsp3) is 0.200. The first-order valence-corrected chi connectivity index (χ1v) is 8.56. The predicted octanol–water partition coefficient (Wildman–Crippen LogP) is 2.42. The van der Waals surface area contributed by atoms with E-state index in [-0.39, 0.29) is 23.8 Å². The Morgan fingerprint density at radius 2 is 2.21 bits per heavy atom. The highest BCUT2D eigenvalue weighted by Crippen LogP contribution is 2.18. The van der Waals surface area contributed by atoms with Crippen molar-refractivity contribution < 1.29 is 9.53 Å². The fourth-order valence-corrected chi connectivity index (χ4v) is 2.66. The van der Waals surface area contributed by atoms with Gasteiger partial charge in [-0.25, -0.2) is 4.98 Å². The summed E-state index contributed by atoms with van der Waals surface area (Å²) in [6.45, 7) is 3.66. The molecule has 1 heterocycles. The lowest BCUT2D eigenvalue weighted by molar-refractivity contribution is -0.117. The van der Waals surface area contributed by atoms with E-state index >= 15 is 0 Å². The number of hydrogen-bond donors (Lipinski definition) is 2. The maximum atomic E-state index is 11.9. The first kappa shape index (κ1) is 18.0. The summed E-state index contributed by atoms with van der Waals surface area (Å²) in [7, 11) is 0. The molecule has 1 atom stereocenters. The van der Waals surface area contributed by atoms with Gasteiger partial charge >= 0.3 is 0 Å². The number of ether oxygens (including phenoxy) is 1.